The van der Waals surface area contributed by atoms with Crippen LogP contribution in [0.5, 0.6) is 0 Å². The maximum Gasteiger partial charge on any atom is 0.238 e. The number of nitrogens with one attached hydrogen (secondary N) is 1. The molecule has 1 aromatic rings. The molecule has 1 heterocycles. The summed E-state index contributed by atoms with van der Waals surface area (Å²) in [6, 6.07) is 7.23. The van der Waals surface area contributed by atoms with E-state index < -0.39 is 0 Å². The van der Waals surface area contributed by atoms with Gasteiger partial charge in [-0.3, -0.25) is 24.7 Å². The van der Waals surface area contributed by atoms with E-state index in [0.29, 0.717) is 0 Å². The maximum absolute atomic E-state index is 12.1. The molecule has 1 aliphatic heterocycles. The minimum atomic E-state index is -0.316. The van der Waals surface area contributed by atoms with Crippen LogP contribution in [-0.4, -0.2) is 22.6 Å². The molecule has 2 unspecified atom stereocenters. The van der Waals surface area contributed by atoms with Gasteiger partial charge in [-0.2, -0.15) is 0 Å². The number of rotatable bonds is 4. The highest BCUT2D eigenvalue weighted by Gasteiger charge is 2.42. The molecule has 3 N–H and O–H groups in total. The molecule has 0 saturated carbocycles. The lowest BCUT2D eigenvalue weighted by atomic mass is 10.00. The number of hydrogen-bond acceptors (Lipinski definition) is 4. The van der Waals surface area contributed by atoms with Crippen molar-refractivity contribution in [1.82, 2.24) is 10.3 Å². The zero-order valence-corrected chi connectivity index (χ0v) is 12.1. The summed E-state index contributed by atoms with van der Waals surface area (Å²) in [7, 11) is 0. The standard InChI is InChI=1S/C15H19N3O3/c1-9-10(2)15(21)18(14(9)20)8-12-6-4-3-5-11(12)7-13(19)17-16/h3-6,9-10H,7-8,16H2,1-2H3,(H,17,19). The van der Waals surface area contributed by atoms with E-state index in [1.54, 1.807) is 19.9 Å². The van der Waals surface area contributed by atoms with Crippen LogP contribution in [0.1, 0.15) is 25.0 Å². The normalized spacial score (nSPS) is 21.8. The van der Waals surface area contributed by atoms with Gasteiger partial charge in [0.15, 0.2) is 0 Å². The van der Waals surface area contributed by atoms with Crippen molar-refractivity contribution >= 4 is 17.7 Å². The zero-order chi connectivity index (χ0) is 15.6. The molecule has 3 amide bonds. The summed E-state index contributed by atoms with van der Waals surface area (Å²) in [6.07, 6.45) is 0.119. The van der Waals surface area contributed by atoms with Gasteiger partial charge in [-0.05, 0) is 11.1 Å². The molecule has 0 aliphatic carbocycles. The van der Waals surface area contributed by atoms with E-state index in [1.807, 2.05) is 18.2 Å². The van der Waals surface area contributed by atoms with Crippen molar-refractivity contribution in [2.45, 2.75) is 26.8 Å². The van der Waals surface area contributed by atoms with E-state index in [4.69, 9.17) is 5.84 Å². The van der Waals surface area contributed by atoms with Gasteiger partial charge in [-0.25, -0.2) is 5.84 Å². The lowest BCUT2D eigenvalue weighted by molar-refractivity contribution is -0.140. The highest BCUT2D eigenvalue weighted by atomic mass is 16.2. The van der Waals surface area contributed by atoms with Gasteiger partial charge < -0.3 is 0 Å². The van der Waals surface area contributed by atoms with Crippen LogP contribution in [0.4, 0.5) is 0 Å². The minimum Gasteiger partial charge on any atom is -0.294 e. The first-order valence-corrected chi connectivity index (χ1v) is 6.87. The number of carbonyl (C=O) groups excluding carboxylic acids is 3. The molecule has 2 rings (SSSR count). The number of nitrogens with two attached hydrogens (primary N) is 1. The van der Waals surface area contributed by atoms with Gasteiger partial charge in [0, 0.05) is 11.8 Å². The second-order valence-corrected chi connectivity index (χ2v) is 5.35. The van der Waals surface area contributed by atoms with Crippen molar-refractivity contribution in [2.75, 3.05) is 0 Å². The van der Waals surface area contributed by atoms with E-state index in [1.165, 1.54) is 4.90 Å². The predicted octanol–water partition coefficient (Wildman–Crippen LogP) is 0.360. The van der Waals surface area contributed by atoms with Gasteiger partial charge in [0.2, 0.25) is 17.7 Å². The summed E-state index contributed by atoms with van der Waals surface area (Å²) in [4.78, 5) is 36.9. The lowest BCUT2D eigenvalue weighted by Gasteiger charge is -2.17. The molecule has 112 valence electrons. The zero-order valence-electron chi connectivity index (χ0n) is 12.1. The van der Waals surface area contributed by atoms with Crippen molar-refractivity contribution in [1.29, 1.82) is 0 Å². The smallest absolute Gasteiger partial charge is 0.238 e. The van der Waals surface area contributed by atoms with Crippen molar-refractivity contribution in [3.8, 4) is 0 Å². The first-order chi connectivity index (χ1) is 9.95. The average molecular weight is 289 g/mol. The SMILES string of the molecule is CC1C(=O)N(Cc2ccccc2CC(=O)NN)C(=O)C1C. The molecule has 1 aliphatic rings. The van der Waals surface area contributed by atoms with Gasteiger partial charge >= 0.3 is 0 Å². The van der Waals surface area contributed by atoms with E-state index in [9.17, 15) is 14.4 Å². The van der Waals surface area contributed by atoms with Crippen LogP contribution in [-0.2, 0) is 27.3 Å². The Balaban J connectivity index is 2.22. The molecule has 0 radical (unpaired) electrons. The fourth-order valence-corrected chi connectivity index (χ4v) is 2.46. The van der Waals surface area contributed by atoms with E-state index >= 15 is 0 Å². The van der Waals surface area contributed by atoms with Crippen LogP contribution in [0.15, 0.2) is 24.3 Å². The van der Waals surface area contributed by atoms with Crippen molar-refractivity contribution in [2.24, 2.45) is 17.7 Å². The largest absolute Gasteiger partial charge is 0.294 e. The number of nitrogens with zero attached hydrogens (tertiary/aromatic N) is 1. The molecule has 6 nitrogen and oxygen atoms in total. The molecule has 1 aromatic carbocycles. The molecule has 0 bridgehead atoms. The topological polar surface area (TPSA) is 92.5 Å². The van der Waals surface area contributed by atoms with Gasteiger partial charge in [0.25, 0.3) is 0 Å². The van der Waals surface area contributed by atoms with Crippen molar-refractivity contribution in [3.63, 3.8) is 0 Å². The Morgan fingerprint density at radius 1 is 1.14 bits per heavy atom. The molecular formula is C15H19N3O3. The summed E-state index contributed by atoms with van der Waals surface area (Å²) < 4.78 is 0. The Bertz CT molecular complexity index is 565. The van der Waals surface area contributed by atoms with Gasteiger partial charge in [-0.1, -0.05) is 38.1 Å². The predicted molar refractivity (Wildman–Crippen MR) is 76.4 cm³/mol. The Hall–Kier alpha value is -2.21. The lowest BCUT2D eigenvalue weighted by Crippen LogP contribution is -2.33. The highest BCUT2D eigenvalue weighted by molar-refractivity contribution is 6.04. The molecule has 2 atom stereocenters. The Labute approximate surface area is 123 Å². The fraction of sp³-hybridized carbons (Fsp3) is 0.400. The van der Waals surface area contributed by atoms with Crippen molar-refractivity contribution < 1.29 is 14.4 Å². The quantitative estimate of drug-likeness (QED) is 0.362. The summed E-state index contributed by atoms with van der Waals surface area (Å²) in [6.45, 7) is 3.72. The van der Waals surface area contributed by atoms with Gasteiger partial charge in [0.1, 0.15) is 0 Å². The molecule has 6 heteroatoms. The number of likely N-dealkylation sites (tertiary alicyclic amines) is 1. The first kappa shape index (κ1) is 15.2. The molecular weight excluding hydrogens is 270 g/mol. The van der Waals surface area contributed by atoms with E-state index in [2.05, 4.69) is 5.43 Å². The van der Waals surface area contributed by atoms with Crippen LogP contribution in [0.25, 0.3) is 0 Å². The van der Waals surface area contributed by atoms with Crippen LogP contribution in [0, 0.1) is 11.8 Å². The van der Waals surface area contributed by atoms with E-state index in [-0.39, 0.29) is 42.5 Å². The number of benzene rings is 1. The van der Waals surface area contributed by atoms with Crippen LogP contribution in [0.3, 0.4) is 0 Å². The Morgan fingerprint density at radius 2 is 1.67 bits per heavy atom. The van der Waals surface area contributed by atoms with Crippen LogP contribution < -0.4 is 11.3 Å². The molecule has 0 spiro atoms. The average Bonchev–Trinajstić information content (AvgIpc) is 2.66. The monoisotopic (exact) mass is 289 g/mol. The summed E-state index contributed by atoms with van der Waals surface area (Å²) in [5.41, 5.74) is 3.62. The number of hydrogen-bond donors (Lipinski definition) is 2. The summed E-state index contributed by atoms with van der Waals surface area (Å²) >= 11 is 0. The second-order valence-electron chi connectivity index (χ2n) is 5.35. The van der Waals surface area contributed by atoms with E-state index in [0.717, 1.165) is 11.1 Å². The number of hydrazine groups is 1. The molecule has 1 fully saturated rings. The molecule has 21 heavy (non-hydrogen) atoms. The fourth-order valence-electron chi connectivity index (χ4n) is 2.46. The summed E-state index contributed by atoms with van der Waals surface area (Å²) in [5.74, 6) is 3.87. The van der Waals surface area contributed by atoms with Gasteiger partial charge in [0.05, 0.1) is 13.0 Å². The number of imide groups is 1. The second kappa shape index (κ2) is 6.05. The maximum atomic E-state index is 12.1. The number of amides is 3. The third kappa shape index (κ3) is 2.95. The third-order valence-corrected chi connectivity index (χ3v) is 4.02. The summed E-state index contributed by atoms with van der Waals surface area (Å²) in [5, 5.41) is 0. The Morgan fingerprint density at radius 3 is 2.19 bits per heavy atom. The third-order valence-electron chi connectivity index (χ3n) is 4.02. The minimum absolute atomic E-state index is 0.119. The highest BCUT2D eigenvalue weighted by Crippen LogP contribution is 2.27. The van der Waals surface area contributed by atoms with Crippen LogP contribution in [0.2, 0.25) is 0 Å². The van der Waals surface area contributed by atoms with Gasteiger partial charge in [-0.15, -0.1) is 0 Å². The number of carbonyl (C=O) groups is 3. The molecule has 0 aromatic heterocycles. The Kier molecular flexibility index (Phi) is 4.37. The molecule has 1 saturated heterocycles. The first-order valence-electron chi connectivity index (χ1n) is 6.87. The van der Waals surface area contributed by atoms with Crippen molar-refractivity contribution in [3.05, 3.63) is 35.4 Å². The van der Waals surface area contributed by atoms with Crippen LogP contribution >= 0.6 is 0 Å².